The van der Waals surface area contributed by atoms with Crippen LogP contribution in [0.2, 0.25) is 0 Å². The van der Waals surface area contributed by atoms with Gasteiger partial charge < -0.3 is 10.2 Å². The van der Waals surface area contributed by atoms with Crippen molar-refractivity contribution >= 4 is 27.6 Å². The van der Waals surface area contributed by atoms with Crippen LogP contribution in [0.3, 0.4) is 0 Å². The Bertz CT molecular complexity index is 850. The Hall–Kier alpha value is -1.52. The topological polar surface area (TPSA) is 77.1 Å². The average molecular weight is 380 g/mol. The van der Waals surface area contributed by atoms with E-state index < -0.39 is 0 Å². The molecule has 0 radical (unpaired) electrons. The van der Waals surface area contributed by atoms with Gasteiger partial charge in [0.05, 0.1) is 17.5 Å². The molecule has 1 unspecified atom stereocenters. The van der Waals surface area contributed by atoms with Gasteiger partial charge in [-0.3, -0.25) is 9.80 Å². The first-order chi connectivity index (χ1) is 12.2. The zero-order valence-corrected chi connectivity index (χ0v) is 15.6. The molecule has 0 aromatic carbocycles. The SMILES string of the molecule is Cc1ccsc1C(c1sc2ncnn2c1O)N1CCN(CCO)CC1. The second kappa shape index (κ2) is 7.00. The molecule has 2 N–H and O–H groups in total. The highest BCUT2D eigenvalue weighted by atomic mass is 32.1. The van der Waals surface area contributed by atoms with E-state index in [0.29, 0.717) is 4.96 Å². The van der Waals surface area contributed by atoms with Crippen molar-refractivity contribution in [3.63, 3.8) is 0 Å². The van der Waals surface area contributed by atoms with Gasteiger partial charge in [-0.25, -0.2) is 4.98 Å². The maximum atomic E-state index is 10.7. The minimum Gasteiger partial charge on any atom is -0.492 e. The summed E-state index contributed by atoms with van der Waals surface area (Å²) in [7, 11) is 0. The van der Waals surface area contributed by atoms with E-state index in [1.807, 2.05) is 0 Å². The number of hydrogen-bond donors (Lipinski definition) is 2. The number of aliphatic hydroxyl groups excluding tert-OH is 1. The summed E-state index contributed by atoms with van der Waals surface area (Å²) in [5.74, 6) is 0.188. The van der Waals surface area contributed by atoms with Gasteiger partial charge >= 0.3 is 0 Å². The fourth-order valence-electron chi connectivity index (χ4n) is 3.37. The molecule has 1 fully saturated rings. The van der Waals surface area contributed by atoms with Crippen LogP contribution in [0.4, 0.5) is 0 Å². The van der Waals surface area contributed by atoms with Gasteiger partial charge in [0.1, 0.15) is 6.33 Å². The van der Waals surface area contributed by atoms with Crippen LogP contribution in [0.15, 0.2) is 17.8 Å². The second-order valence-corrected chi connectivity index (χ2v) is 8.17. The van der Waals surface area contributed by atoms with E-state index in [-0.39, 0.29) is 18.5 Å². The number of rotatable bonds is 5. The summed E-state index contributed by atoms with van der Waals surface area (Å²) < 4.78 is 1.51. The van der Waals surface area contributed by atoms with Crippen molar-refractivity contribution < 1.29 is 10.2 Å². The van der Waals surface area contributed by atoms with Gasteiger partial charge in [0.15, 0.2) is 0 Å². The number of aliphatic hydroxyl groups is 1. The van der Waals surface area contributed by atoms with Gasteiger partial charge in [-0.2, -0.15) is 9.61 Å². The number of aromatic nitrogens is 3. The first kappa shape index (κ1) is 16.9. The minimum atomic E-state index is 0.0183. The third-order valence-electron chi connectivity index (χ3n) is 4.73. The molecule has 134 valence electrons. The molecule has 0 aliphatic carbocycles. The van der Waals surface area contributed by atoms with E-state index in [2.05, 4.69) is 38.3 Å². The number of aromatic hydroxyl groups is 1. The highest BCUT2D eigenvalue weighted by molar-refractivity contribution is 7.17. The van der Waals surface area contributed by atoms with Crippen LogP contribution in [0, 0.1) is 6.92 Å². The van der Waals surface area contributed by atoms with Crippen molar-refractivity contribution in [3.8, 4) is 5.88 Å². The zero-order chi connectivity index (χ0) is 17.4. The molecule has 1 atom stereocenters. The van der Waals surface area contributed by atoms with Crippen LogP contribution in [-0.2, 0) is 0 Å². The van der Waals surface area contributed by atoms with Crippen LogP contribution in [0.5, 0.6) is 5.88 Å². The number of hydrogen-bond acceptors (Lipinski definition) is 8. The molecular weight excluding hydrogens is 358 g/mol. The molecule has 1 saturated heterocycles. The number of β-amino-alcohol motifs (C(OH)–C–C–N with tert-alkyl or cyclic N) is 1. The predicted octanol–water partition coefficient (Wildman–Crippen LogP) is 1.57. The van der Waals surface area contributed by atoms with E-state index in [1.165, 1.54) is 32.6 Å². The molecule has 4 rings (SSSR count). The Morgan fingerprint density at radius 3 is 2.68 bits per heavy atom. The van der Waals surface area contributed by atoms with Crippen LogP contribution < -0.4 is 0 Å². The Labute approximate surface area is 153 Å². The van der Waals surface area contributed by atoms with Gasteiger partial charge in [-0.05, 0) is 23.9 Å². The number of piperazine rings is 1. The van der Waals surface area contributed by atoms with Gasteiger partial charge in [0.25, 0.3) is 0 Å². The fourth-order valence-corrected chi connectivity index (χ4v) is 5.59. The lowest BCUT2D eigenvalue weighted by Crippen LogP contribution is -2.48. The number of thiazole rings is 1. The van der Waals surface area contributed by atoms with Crippen LogP contribution in [0.1, 0.15) is 21.4 Å². The van der Waals surface area contributed by atoms with E-state index >= 15 is 0 Å². The summed E-state index contributed by atoms with van der Waals surface area (Å²) in [5, 5.41) is 26.1. The summed E-state index contributed by atoms with van der Waals surface area (Å²) in [6.45, 7) is 6.67. The zero-order valence-electron chi connectivity index (χ0n) is 14.0. The van der Waals surface area contributed by atoms with Crippen molar-refractivity contribution in [2.24, 2.45) is 0 Å². The van der Waals surface area contributed by atoms with E-state index in [0.717, 1.165) is 37.6 Å². The molecule has 0 bridgehead atoms. The van der Waals surface area contributed by atoms with E-state index in [1.54, 1.807) is 11.3 Å². The molecule has 9 heteroatoms. The molecule has 0 spiro atoms. The summed E-state index contributed by atoms with van der Waals surface area (Å²) in [5.41, 5.74) is 1.24. The summed E-state index contributed by atoms with van der Waals surface area (Å²) in [6.07, 6.45) is 1.47. The average Bonchev–Trinajstić information content (AvgIpc) is 3.30. The van der Waals surface area contributed by atoms with E-state index in [4.69, 9.17) is 5.11 Å². The van der Waals surface area contributed by atoms with Crippen molar-refractivity contribution in [2.75, 3.05) is 39.3 Å². The quantitative estimate of drug-likeness (QED) is 0.701. The van der Waals surface area contributed by atoms with Crippen molar-refractivity contribution in [2.45, 2.75) is 13.0 Å². The van der Waals surface area contributed by atoms with Gasteiger partial charge in [-0.1, -0.05) is 11.3 Å². The minimum absolute atomic E-state index is 0.0183. The molecular formula is C16H21N5O2S2. The van der Waals surface area contributed by atoms with Crippen molar-refractivity contribution in [1.82, 2.24) is 24.4 Å². The Morgan fingerprint density at radius 2 is 2.04 bits per heavy atom. The molecule has 0 amide bonds. The molecule has 1 aliphatic heterocycles. The number of aryl methyl sites for hydroxylation is 1. The lowest BCUT2D eigenvalue weighted by molar-refractivity contribution is 0.0953. The molecule has 3 aromatic heterocycles. The Kier molecular flexibility index (Phi) is 4.74. The molecule has 7 nitrogen and oxygen atoms in total. The second-order valence-electron chi connectivity index (χ2n) is 6.22. The molecule has 4 heterocycles. The summed E-state index contributed by atoms with van der Waals surface area (Å²) in [4.78, 5) is 11.8. The van der Waals surface area contributed by atoms with Crippen LogP contribution in [0.25, 0.3) is 4.96 Å². The third-order valence-corrected chi connectivity index (χ3v) is 6.88. The predicted molar refractivity (Wildman–Crippen MR) is 98.5 cm³/mol. The van der Waals surface area contributed by atoms with Crippen LogP contribution >= 0.6 is 22.7 Å². The van der Waals surface area contributed by atoms with Crippen molar-refractivity contribution in [1.29, 1.82) is 0 Å². The number of nitrogens with zero attached hydrogens (tertiary/aromatic N) is 5. The Morgan fingerprint density at radius 1 is 1.24 bits per heavy atom. The third kappa shape index (κ3) is 3.06. The van der Waals surface area contributed by atoms with Gasteiger partial charge in [-0.15, -0.1) is 11.3 Å². The monoisotopic (exact) mass is 379 g/mol. The number of thiophene rings is 1. The first-order valence-corrected chi connectivity index (χ1v) is 10.0. The van der Waals surface area contributed by atoms with Crippen LogP contribution in [-0.4, -0.2) is 73.9 Å². The lowest BCUT2D eigenvalue weighted by Gasteiger charge is -2.38. The molecule has 25 heavy (non-hydrogen) atoms. The molecule has 0 saturated carbocycles. The normalized spacial score (nSPS) is 18.2. The largest absolute Gasteiger partial charge is 0.492 e. The maximum absolute atomic E-state index is 10.7. The maximum Gasteiger partial charge on any atom is 0.230 e. The van der Waals surface area contributed by atoms with E-state index in [9.17, 15) is 5.11 Å². The molecule has 1 aliphatic rings. The molecule has 3 aromatic rings. The smallest absolute Gasteiger partial charge is 0.230 e. The standard InChI is InChI=1S/C16H21N5O2S2/c1-11-2-9-24-13(11)12(20-5-3-19(4-6-20)7-8-22)14-15(23)21-16(25-14)17-10-18-21/h2,9-10,12,22-23H,3-8H2,1H3. The van der Waals surface area contributed by atoms with Gasteiger partial charge in [0.2, 0.25) is 10.8 Å². The number of fused-ring (bicyclic) bond motifs is 1. The summed E-state index contributed by atoms with van der Waals surface area (Å²) >= 11 is 3.23. The highest BCUT2D eigenvalue weighted by Gasteiger charge is 2.32. The lowest BCUT2D eigenvalue weighted by atomic mass is 10.1. The van der Waals surface area contributed by atoms with Crippen molar-refractivity contribution in [3.05, 3.63) is 33.1 Å². The van der Waals surface area contributed by atoms with Gasteiger partial charge in [0, 0.05) is 37.6 Å². The fraction of sp³-hybridized carbons (Fsp3) is 0.500. The highest BCUT2D eigenvalue weighted by Crippen LogP contribution is 2.42. The summed E-state index contributed by atoms with van der Waals surface area (Å²) in [6, 6.07) is 2.15. The Balaban J connectivity index is 1.69. The first-order valence-electron chi connectivity index (χ1n) is 8.31.